The van der Waals surface area contributed by atoms with Gasteiger partial charge in [0, 0.05) is 18.8 Å². The molecule has 0 spiro atoms. The largest absolute Gasteiger partial charge is 0.324 e. The van der Waals surface area contributed by atoms with Crippen LogP contribution in [0, 0.1) is 13.8 Å². The highest BCUT2D eigenvalue weighted by Crippen LogP contribution is 2.19. The van der Waals surface area contributed by atoms with Crippen LogP contribution in [0.4, 0.5) is 5.69 Å². The van der Waals surface area contributed by atoms with Gasteiger partial charge in [-0.05, 0) is 63.9 Å². The first-order valence-corrected chi connectivity index (χ1v) is 11.0. The van der Waals surface area contributed by atoms with Crippen LogP contribution in [0.25, 0.3) is 0 Å². The van der Waals surface area contributed by atoms with Crippen molar-refractivity contribution in [2.45, 2.75) is 52.9 Å². The lowest BCUT2D eigenvalue weighted by atomic mass is 10.1. The predicted octanol–water partition coefficient (Wildman–Crippen LogP) is 2.89. The molecule has 0 aliphatic carbocycles. The highest BCUT2D eigenvalue weighted by molar-refractivity contribution is 5.93. The van der Waals surface area contributed by atoms with Crippen molar-refractivity contribution in [1.29, 1.82) is 0 Å². The van der Waals surface area contributed by atoms with Gasteiger partial charge in [-0.2, -0.15) is 0 Å². The maximum absolute atomic E-state index is 12.6. The zero-order valence-corrected chi connectivity index (χ0v) is 18.6. The molecule has 3 N–H and O–H groups in total. The number of rotatable bonds is 17. The Hall–Kier alpha value is -1.76. The predicted molar refractivity (Wildman–Crippen MR) is 122 cm³/mol. The molecule has 29 heavy (non-hydrogen) atoms. The monoisotopic (exact) mass is 404 g/mol. The summed E-state index contributed by atoms with van der Waals surface area (Å²) in [5, 5.41) is 9.53. The second-order valence-electron chi connectivity index (χ2n) is 7.63. The Balaban J connectivity index is 2.29. The standard InChI is InChI=1S/C23H40N4O2/c1-4-5-16-27(17-8-6-7-12-24-13-14-25-15-18-28)19-22(29)26-23-20(2)10-9-11-21(23)3/h9-11,18,24-25H,4-8,12-17,19H2,1-3H3,(H,26,29). The molecule has 1 amide bonds. The molecule has 0 aliphatic heterocycles. The SMILES string of the molecule is CCCCN(CCCCCNCCNCC=O)CC(=O)Nc1c(C)cccc1C. The highest BCUT2D eigenvalue weighted by atomic mass is 16.2. The van der Waals surface area contributed by atoms with Gasteiger partial charge in [0.1, 0.15) is 6.29 Å². The van der Waals surface area contributed by atoms with Gasteiger partial charge < -0.3 is 20.7 Å². The molecular formula is C23H40N4O2. The van der Waals surface area contributed by atoms with Crippen molar-refractivity contribution in [2.24, 2.45) is 0 Å². The van der Waals surface area contributed by atoms with Gasteiger partial charge in [-0.15, -0.1) is 0 Å². The maximum atomic E-state index is 12.6. The summed E-state index contributed by atoms with van der Waals surface area (Å²) >= 11 is 0. The number of carbonyl (C=O) groups is 2. The van der Waals surface area contributed by atoms with Crippen molar-refractivity contribution in [1.82, 2.24) is 15.5 Å². The number of aryl methyl sites for hydroxylation is 2. The highest BCUT2D eigenvalue weighted by Gasteiger charge is 2.12. The lowest BCUT2D eigenvalue weighted by Gasteiger charge is -2.22. The molecule has 0 atom stereocenters. The van der Waals surface area contributed by atoms with Crippen LogP contribution in [0.5, 0.6) is 0 Å². The maximum Gasteiger partial charge on any atom is 0.238 e. The fraction of sp³-hybridized carbons (Fsp3) is 0.652. The quantitative estimate of drug-likeness (QED) is 0.275. The number of nitrogens with one attached hydrogen (secondary N) is 3. The van der Waals surface area contributed by atoms with Gasteiger partial charge in [0.2, 0.25) is 5.91 Å². The number of nitrogens with zero attached hydrogens (tertiary/aromatic N) is 1. The molecule has 0 radical (unpaired) electrons. The summed E-state index contributed by atoms with van der Waals surface area (Å²) < 4.78 is 0. The van der Waals surface area contributed by atoms with E-state index in [2.05, 4.69) is 27.8 Å². The minimum atomic E-state index is 0.0722. The molecule has 0 aromatic heterocycles. The van der Waals surface area contributed by atoms with E-state index in [1.807, 2.05) is 32.0 Å². The minimum Gasteiger partial charge on any atom is -0.324 e. The van der Waals surface area contributed by atoms with Crippen molar-refractivity contribution in [2.75, 3.05) is 51.1 Å². The summed E-state index contributed by atoms with van der Waals surface area (Å²) in [6.45, 7) is 11.7. The molecule has 0 unspecified atom stereocenters. The van der Waals surface area contributed by atoms with Crippen molar-refractivity contribution in [3.05, 3.63) is 29.3 Å². The summed E-state index contributed by atoms with van der Waals surface area (Å²) in [7, 11) is 0. The third-order valence-corrected chi connectivity index (χ3v) is 4.97. The first-order valence-electron chi connectivity index (χ1n) is 11.0. The van der Waals surface area contributed by atoms with E-state index in [4.69, 9.17) is 0 Å². The van der Waals surface area contributed by atoms with Crippen LogP contribution in [-0.4, -0.2) is 62.9 Å². The van der Waals surface area contributed by atoms with Crippen LogP contribution in [0.3, 0.4) is 0 Å². The van der Waals surface area contributed by atoms with Crippen molar-refractivity contribution in [3.8, 4) is 0 Å². The topological polar surface area (TPSA) is 73.5 Å². The van der Waals surface area contributed by atoms with Gasteiger partial charge in [-0.1, -0.05) is 38.0 Å². The second-order valence-corrected chi connectivity index (χ2v) is 7.63. The molecule has 6 nitrogen and oxygen atoms in total. The Bertz CT molecular complexity index is 572. The summed E-state index contributed by atoms with van der Waals surface area (Å²) in [6.07, 6.45) is 6.51. The normalized spacial score (nSPS) is 11.0. The van der Waals surface area contributed by atoms with Crippen LogP contribution >= 0.6 is 0 Å². The summed E-state index contributed by atoms with van der Waals surface area (Å²) in [4.78, 5) is 25.1. The molecular weight excluding hydrogens is 364 g/mol. The lowest BCUT2D eigenvalue weighted by molar-refractivity contribution is -0.117. The number of unbranched alkanes of at least 4 members (excludes halogenated alkanes) is 3. The molecule has 6 heteroatoms. The van der Waals surface area contributed by atoms with E-state index in [0.29, 0.717) is 13.1 Å². The Morgan fingerprint density at radius 3 is 2.34 bits per heavy atom. The fourth-order valence-electron chi connectivity index (χ4n) is 3.27. The zero-order valence-electron chi connectivity index (χ0n) is 18.6. The first kappa shape index (κ1) is 25.3. The Morgan fingerprint density at radius 2 is 1.66 bits per heavy atom. The smallest absolute Gasteiger partial charge is 0.238 e. The molecule has 0 bridgehead atoms. The molecule has 1 aromatic rings. The van der Waals surface area contributed by atoms with E-state index in [1.54, 1.807) is 0 Å². The van der Waals surface area contributed by atoms with Crippen LogP contribution in [0.2, 0.25) is 0 Å². The minimum absolute atomic E-state index is 0.0722. The Kier molecular flexibility index (Phi) is 14.0. The van der Waals surface area contributed by atoms with Gasteiger partial charge >= 0.3 is 0 Å². The first-order chi connectivity index (χ1) is 14.1. The summed E-state index contributed by atoms with van der Waals surface area (Å²) in [5.74, 6) is 0.0722. The van der Waals surface area contributed by atoms with Crippen LogP contribution in [-0.2, 0) is 9.59 Å². The van der Waals surface area contributed by atoms with E-state index >= 15 is 0 Å². The molecule has 0 aliphatic rings. The molecule has 0 saturated carbocycles. The van der Waals surface area contributed by atoms with Gasteiger partial charge in [0.15, 0.2) is 0 Å². The molecule has 0 fully saturated rings. The second kappa shape index (κ2) is 16.1. The van der Waals surface area contributed by atoms with E-state index in [-0.39, 0.29) is 5.91 Å². The van der Waals surface area contributed by atoms with Crippen molar-refractivity contribution in [3.63, 3.8) is 0 Å². The van der Waals surface area contributed by atoms with Gasteiger partial charge in [-0.25, -0.2) is 0 Å². The molecule has 0 heterocycles. The van der Waals surface area contributed by atoms with Gasteiger partial charge in [-0.3, -0.25) is 9.69 Å². The molecule has 164 valence electrons. The number of para-hydroxylation sites is 1. The number of amides is 1. The number of carbonyl (C=O) groups excluding carboxylic acids is 2. The lowest BCUT2D eigenvalue weighted by Crippen LogP contribution is -2.35. The Morgan fingerprint density at radius 1 is 0.966 bits per heavy atom. The number of anilines is 1. The third kappa shape index (κ3) is 11.7. The fourth-order valence-corrected chi connectivity index (χ4v) is 3.27. The Labute approximate surface area is 176 Å². The van der Waals surface area contributed by atoms with E-state index in [0.717, 1.165) is 87.9 Å². The molecule has 0 saturated heterocycles. The van der Waals surface area contributed by atoms with Crippen LogP contribution in [0.15, 0.2) is 18.2 Å². The average molecular weight is 405 g/mol. The van der Waals surface area contributed by atoms with E-state index < -0.39 is 0 Å². The van der Waals surface area contributed by atoms with Crippen molar-refractivity contribution >= 4 is 17.9 Å². The average Bonchev–Trinajstić information content (AvgIpc) is 2.70. The van der Waals surface area contributed by atoms with E-state index in [1.165, 1.54) is 0 Å². The molecule has 1 rings (SSSR count). The number of hydrogen-bond donors (Lipinski definition) is 3. The number of hydrogen-bond acceptors (Lipinski definition) is 5. The summed E-state index contributed by atoms with van der Waals surface area (Å²) in [6, 6.07) is 6.08. The van der Waals surface area contributed by atoms with Gasteiger partial charge in [0.05, 0.1) is 13.1 Å². The zero-order chi connectivity index (χ0) is 21.3. The molecule has 1 aromatic carbocycles. The van der Waals surface area contributed by atoms with Crippen molar-refractivity contribution < 1.29 is 9.59 Å². The number of aldehydes is 1. The number of benzene rings is 1. The van der Waals surface area contributed by atoms with Gasteiger partial charge in [0.25, 0.3) is 0 Å². The third-order valence-electron chi connectivity index (χ3n) is 4.97. The summed E-state index contributed by atoms with van der Waals surface area (Å²) in [5.41, 5.74) is 3.15. The van der Waals surface area contributed by atoms with Crippen LogP contribution < -0.4 is 16.0 Å². The van der Waals surface area contributed by atoms with Crippen LogP contribution in [0.1, 0.15) is 50.2 Å². The van der Waals surface area contributed by atoms with E-state index in [9.17, 15) is 9.59 Å².